The Balaban J connectivity index is 0.00000136. The minimum atomic E-state index is 0.339. The molecule has 2 N–H and O–H groups in total. The molecule has 0 bridgehead atoms. The molecule has 0 amide bonds. The van der Waals surface area contributed by atoms with Gasteiger partial charge in [0.25, 0.3) is 0 Å². The van der Waals surface area contributed by atoms with Gasteiger partial charge in [-0.2, -0.15) is 9.97 Å². The summed E-state index contributed by atoms with van der Waals surface area (Å²) >= 11 is 0. The second-order valence-corrected chi connectivity index (χ2v) is 6.43. The van der Waals surface area contributed by atoms with Crippen LogP contribution in [0.3, 0.4) is 0 Å². The van der Waals surface area contributed by atoms with E-state index in [1.54, 1.807) is 6.08 Å². The summed E-state index contributed by atoms with van der Waals surface area (Å²) in [6, 6.07) is 6.64. The van der Waals surface area contributed by atoms with Crippen LogP contribution in [-0.4, -0.2) is 41.1 Å². The fourth-order valence-corrected chi connectivity index (χ4v) is 3.28. The molecule has 0 saturated carbocycles. The van der Waals surface area contributed by atoms with E-state index in [0.717, 1.165) is 54.6 Å². The van der Waals surface area contributed by atoms with Crippen LogP contribution < -0.4 is 15.5 Å². The first-order valence-electron chi connectivity index (χ1n) is 9.93. The van der Waals surface area contributed by atoms with Gasteiger partial charge in [-0.15, -0.1) is 0 Å². The Bertz CT molecular complexity index is 802. The zero-order valence-corrected chi connectivity index (χ0v) is 17.5. The van der Waals surface area contributed by atoms with E-state index in [1.807, 2.05) is 33.9 Å². The van der Waals surface area contributed by atoms with Crippen molar-refractivity contribution in [3.63, 3.8) is 0 Å². The predicted octanol–water partition coefficient (Wildman–Crippen LogP) is 4.61. The Morgan fingerprint density at radius 1 is 1.14 bits per heavy atom. The number of nitrogens with one attached hydrogen (secondary N) is 2. The van der Waals surface area contributed by atoms with Crippen LogP contribution in [0.1, 0.15) is 43.9 Å². The highest BCUT2D eigenvalue weighted by Crippen LogP contribution is 2.24. The first-order chi connectivity index (χ1) is 13.6. The van der Waals surface area contributed by atoms with E-state index >= 15 is 0 Å². The molecule has 3 rings (SSSR count). The molecule has 1 aromatic heterocycles. The third-order valence-electron chi connectivity index (χ3n) is 4.55. The first kappa shape index (κ1) is 21.4. The summed E-state index contributed by atoms with van der Waals surface area (Å²) in [5, 5.41) is 6.83. The molecule has 0 aliphatic carbocycles. The molecule has 150 valence electrons. The van der Waals surface area contributed by atoms with Gasteiger partial charge in [-0.25, -0.2) is 4.98 Å². The maximum atomic E-state index is 4.50. The third-order valence-corrected chi connectivity index (χ3v) is 4.55. The largest absolute Gasteiger partial charge is 0.388 e. The van der Waals surface area contributed by atoms with Gasteiger partial charge in [-0.1, -0.05) is 33.1 Å². The van der Waals surface area contributed by atoms with Gasteiger partial charge in [0.1, 0.15) is 5.82 Å². The molecule has 1 unspecified atom stereocenters. The molecule has 6 nitrogen and oxygen atoms in total. The summed E-state index contributed by atoms with van der Waals surface area (Å²) in [6.07, 6.45) is 5.74. The Morgan fingerprint density at radius 3 is 2.61 bits per heavy atom. The Hall–Kier alpha value is -2.89. The number of aryl methyl sites for hydroxylation is 1. The van der Waals surface area contributed by atoms with Crippen molar-refractivity contribution < 1.29 is 0 Å². The number of hydrogen-bond acceptors (Lipinski definition) is 6. The summed E-state index contributed by atoms with van der Waals surface area (Å²) in [7, 11) is 1.92. The van der Waals surface area contributed by atoms with Gasteiger partial charge < -0.3 is 15.5 Å². The van der Waals surface area contributed by atoms with Gasteiger partial charge in [0.2, 0.25) is 5.95 Å². The monoisotopic (exact) mass is 380 g/mol. The van der Waals surface area contributed by atoms with Crippen LogP contribution in [0.15, 0.2) is 31.4 Å². The molecule has 1 saturated heterocycles. The average molecular weight is 381 g/mol. The molecular formula is C22H32N6. The molecule has 2 aromatic rings. The molecule has 0 radical (unpaired) electrons. The highest BCUT2D eigenvalue weighted by Gasteiger charge is 2.22. The van der Waals surface area contributed by atoms with Gasteiger partial charge in [0, 0.05) is 37.6 Å². The van der Waals surface area contributed by atoms with E-state index in [1.165, 1.54) is 0 Å². The van der Waals surface area contributed by atoms with E-state index < -0.39 is 0 Å². The molecule has 0 spiro atoms. The van der Waals surface area contributed by atoms with Crippen LogP contribution in [0.2, 0.25) is 0 Å². The zero-order valence-electron chi connectivity index (χ0n) is 17.5. The highest BCUT2D eigenvalue weighted by atomic mass is 15.3. The Morgan fingerprint density at radius 2 is 1.93 bits per heavy atom. The van der Waals surface area contributed by atoms with Crippen molar-refractivity contribution in [1.82, 2.24) is 15.0 Å². The van der Waals surface area contributed by atoms with E-state index in [0.29, 0.717) is 11.9 Å². The minimum absolute atomic E-state index is 0.339. The molecule has 1 atom stereocenters. The third kappa shape index (κ3) is 5.31. The highest BCUT2D eigenvalue weighted by molar-refractivity contribution is 5.70. The van der Waals surface area contributed by atoms with Crippen LogP contribution in [0.4, 0.5) is 17.3 Å². The topological polar surface area (TPSA) is 66.0 Å². The first-order valence-corrected chi connectivity index (χ1v) is 9.93. The molecule has 6 heteroatoms. The summed E-state index contributed by atoms with van der Waals surface area (Å²) in [6.45, 7) is 15.4. The van der Waals surface area contributed by atoms with Crippen molar-refractivity contribution in [2.24, 2.45) is 0 Å². The molecule has 1 aliphatic rings. The van der Waals surface area contributed by atoms with Crippen molar-refractivity contribution in [1.29, 1.82) is 0 Å². The van der Waals surface area contributed by atoms with E-state index in [2.05, 4.69) is 61.8 Å². The molecule has 1 fully saturated rings. The lowest BCUT2D eigenvalue weighted by Crippen LogP contribution is -2.43. The fraction of sp³-hybridized carbons (Fsp3) is 0.409. The van der Waals surface area contributed by atoms with Gasteiger partial charge in [-0.05, 0) is 49.6 Å². The number of aromatic nitrogens is 3. The molecule has 2 heterocycles. The minimum Gasteiger partial charge on any atom is -0.388 e. The lowest BCUT2D eigenvalue weighted by atomic mass is 10.0. The second kappa shape index (κ2) is 10.4. The summed E-state index contributed by atoms with van der Waals surface area (Å²) in [4.78, 5) is 15.5. The van der Waals surface area contributed by atoms with Gasteiger partial charge in [0.05, 0.1) is 0 Å². The van der Waals surface area contributed by atoms with Crippen molar-refractivity contribution in [2.75, 3.05) is 35.7 Å². The van der Waals surface area contributed by atoms with Gasteiger partial charge >= 0.3 is 0 Å². The standard InChI is InChI=1S/C20H26N6.C2H6/c1-5-15-12-16(9-10-18(15)21-4)24-17-8-7-11-26(13-17)20-23-14(3)22-19(6-2)25-20;1-2/h5-6,9-10,12,17,21,24H,1-2,7-8,11,13H2,3-4H3;1-2H3. The normalized spacial score (nSPS) is 15.9. The van der Waals surface area contributed by atoms with Crippen molar-refractivity contribution in [3.05, 3.63) is 48.6 Å². The number of benzene rings is 1. The maximum Gasteiger partial charge on any atom is 0.229 e. The summed E-state index contributed by atoms with van der Waals surface area (Å²) < 4.78 is 0. The summed E-state index contributed by atoms with van der Waals surface area (Å²) in [5.74, 6) is 2.08. The van der Waals surface area contributed by atoms with E-state index in [9.17, 15) is 0 Å². The average Bonchev–Trinajstić information content (AvgIpc) is 2.74. The number of nitrogens with zero attached hydrogens (tertiary/aromatic N) is 4. The maximum absolute atomic E-state index is 4.50. The fourth-order valence-electron chi connectivity index (χ4n) is 3.28. The molecule has 28 heavy (non-hydrogen) atoms. The number of anilines is 3. The molecular weight excluding hydrogens is 348 g/mol. The number of rotatable bonds is 6. The predicted molar refractivity (Wildman–Crippen MR) is 121 cm³/mol. The lowest BCUT2D eigenvalue weighted by molar-refractivity contribution is 0.521. The van der Waals surface area contributed by atoms with Gasteiger partial charge in [0.15, 0.2) is 5.82 Å². The Kier molecular flexibility index (Phi) is 7.99. The number of hydrogen-bond donors (Lipinski definition) is 2. The smallest absolute Gasteiger partial charge is 0.229 e. The van der Waals surface area contributed by atoms with E-state index in [4.69, 9.17) is 0 Å². The number of piperidine rings is 1. The van der Waals surface area contributed by atoms with Crippen LogP contribution in [0.5, 0.6) is 0 Å². The molecule has 1 aliphatic heterocycles. The quantitative estimate of drug-likeness (QED) is 0.763. The van der Waals surface area contributed by atoms with Crippen LogP contribution in [0.25, 0.3) is 12.2 Å². The van der Waals surface area contributed by atoms with Gasteiger partial charge in [-0.3, -0.25) is 0 Å². The zero-order chi connectivity index (χ0) is 20.5. The van der Waals surface area contributed by atoms with Crippen LogP contribution >= 0.6 is 0 Å². The summed E-state index contributed by atoms with van der Waals surface area (Å²) in [5.41, 5.74) is 3.27. The lowest BCUT2D eigenvalue weighted by Gasteiger charge is -2.34. The van der Waals surface area contributed by atoms with Crippen molar-refractivity contribution in [3.8, 4) is 0 Å². The second-order valence-electron chi connectivity index (χ2n) is 6.43. The van der Waals surface area contributed by atoms with Crippen LogP contribution in [0, 0.1) is 6.92 Å². The van der Waals surface area contributed by atoms with Crippen LogP contribution in [-0.2, 0) is 0 Å². The van der Waals surface area contributed by atoms with E-state index in [-0.39, 0.29) is 0 Å². The Labute approximate surface area is 168 Å². The molecule has 1 aromatic carbocycles. The van der Waals surface area contributed by atoms with Crippen molar-refractivity contribution in [2.45, 2.75) is 39.7 Å². The van der Waals surface area contributed by atoms with Crippen molar-refractivity contribution >= 4 is 29.5 Å². The SMILES string of the molecule is C=Cc1nc(C)nc(N2CCCC(Nc3ccc(NC)c(C=C)c3)C2)n1.CC.